The second kappa shape index (κ2) is 8.42. The van der Waals surface area contributed by atoms with Crippen LogP contribution in [0.2, 0.25) is 0 Å². The number of allylic oxidation sites excluding steroid dienone is 5. The molecular formula is C30H46O2. The first-order valence-electron chi connectivity index (χ1n) is 13.7. The van der Waals surface area contributed by atoms with E-state index in [-0.39, 0.29) is 12.2 Å². The molecule has 5 aliphatic rings. The number of hydrogen-bond acceptors (Lipinski definition) is 2. The minimum Gasteiger partial charge on any atom is -0.393 e. The molecule has 5 rings (SSSR count). The topological polar surface area (TPSA) is 40.5 Å². The molecule has 0 saturated heterocycles. The molecule has 3 saturated carbocycles. The first kappa shape index (κ1) is 22.9. The summed E-state index contributed by atoms with van der Waals surface area (Å²) in [7, 11) is 0. The Morgan fingerprint density at radius 2 is 1.84 bits per heavy atom. The van der Waals surface area contributed by atoms with Crippen LogP contribution in [0, 0.1) is 34.5 Å². The van der Waals surface area contributed by atoms with E-state index in [1.807, 2.05) is 0 Å². The number of rotatable bonds is 4. The van der Waals surface area contributed by atoms with E-state index in [1.54, 1.807) is 11.1 Å². The number of fused-ring (bicyclic) bond motifs is 5. The molecule has 0 amide bonds. The molecule has 0 bridgehead atoms. The summed E-state index contributed by atoms with van der Waals surface area (Å²) in [6.07, 6.45) is 18.4. The van der Waals surface area contributed by atoms with Crippen molar-refractivity contribution >= 4 is 0 Å². The largest absolute Gasteiger partial charge is 0.393 e. The average molecular weight is 439 g/mol. The van der Waals surface area contributed by atoms with Crippen molar-refractivity contribution in [1.29, 1.82) is 0 Å². The normalized spacial score (nSPS) is 44.9. The molecule has 1 unspecified atom stereocenters. The van der Waals surface area contributed by atoms with E-state index in [9.17, 15) is 10.2 Å². The minimum atomic E-state index is -0.160. The highest BCUT2D eigenvalue weighted by molar-refractivity contribution is 5.36. The van der Waals surface area contributed by atoms with Crippen molar-refractivity contribution in [3.8, 4) is 0 Å². The van der Waals surface area contributed by atoms with Crippen molar-refractivity contribution in [3.63, 3.8) is 0 Å². The monoisotopic (exact) mass is 438 g/mol. The van der Waals surface area contributed by atoms with Gasteiger partial charge in [-0.2, -0.15) is 0 Å². The van der Waals surface area contributed by atoms with Crippen LogP contribution >= 0.6 is 0 Å². The zero-order valence-electron chi connectivity index (χ0n) is 21.0. The lowest BCUT2D eigenvalue weighted by Crippen LogP contribution is -2.51. The summed E-state index contributed by atoms with van der Waals surface area (Å²) in [6, 6.07) is 0. The minimum absolute atomic E-state index is 0.118. The quantitative estimate of drug-likeness (QED) is 0.459. The third kappa shape index (κ3) is 3.59. The summed E-state index contributed by atoms with van der Waals surface area (Å²) in [5.41, 5.74) is 6.70. The molecule has 0 aromatic carbocycles. The Hall–Kier alpha value is -0.860. The van der Waals surface area contributed by atoms with Crippen LogP contribution in [0.1, 0.15) is 105 Å². The van der Waals surface area contributed by atoms with Crippen LogP contribution < -0.4 is 0 Å². The summed E-state index contributed by atoms with van der Waals surface area (Å²) in [6.45, 7) is 9.61. The highest BCUT2D eigenvalue weighted by Crippen LogP contribution is 2.66. The summed E-state index contributed by atoms with van der Waals surface area (Å²) in [4.78, 5) is 0. The third-order valence-corrected chi connectivity index (χ3v) is 11.3. The van der Waals surface area contributed by atoms with E-state index in [0.29, 0.717) is 16.7 Å². The van der Waals surface area contributed by atoms with E-state index >= 15 is 0 Å². The first-order valence-corrected chi connectivity index (χ1v) is 13.7. The summed E-state index contributed by atoms with van der Waals surface area (Å²) < 4.78 is 0. The van der Waals surface area contributed by atoms with Gasteiger partial charge in [0.25, 0.3) is 0 Å². The Morgan fingerprint density at radius 1 is 1.03 bits per heavy atom. The van der Waals surface area contributed by atoms with Gasteiger partial charge in [-0.3, -0.25) is 0 Å². The molecule has 0 aromatic rings. The third-order valence-electron chi connectivity index (χ3n) is 11.3. The van der Waals surface area contributed by atoms with Crippen LogP contribution in [-0.2, 0) is 0 Å². The van der Waals surface area contributed by atoms with Crippen molar-refractivity contribution in [2.75, 3.05) is 0 Å². The molecular weight excluding hydrogens is 392 g/mol. The second-order valence-corrected chi connectivity index (χ2v) is 12.7. The molecule has 32 heavy (non-hydrogen) atoms. The Morgan fingerprint density at radius 3 is 2.62 bits per heavy atom. The van der Waals surface area contributed by atoms with E-state index in [0.717, 1.165) is 49.9 Å². The molecule has 0 aromatic heterocycles. The highest BCUT2D eigenvalue weighted by atomic mass is 16.3. The van der Waals surface area contributed by atoms with Gasteiger partial charge in [0.2, 0.25) is 0 Å². The molecule has 2 N–H and O–H groups in total. The SMILES string of the molecule is CC1=CCCC(C)=C1CC[C@@H](O)C1CC[C@H]2[C@@H]3CC=C4C[C@@H](O)CC[C@]4(C)[C@H]3CC[C@]12C. The van der Waals surface area contributed by atoms with Crippen LogP contribution in [0.3, 0.4) is 0 Å². The van der Waals surface area contributed by atoms with Crippen LogP contribution in [0.25, 0.3) is 0 Å². The molecule has 0 aliphatic heterocycles. The van der Waals surface area contributed by atoms with Crippen molar-refractivity contribution < 1.29 is 10.2 Å². The zero-order valence-corrected chi connectivity index (χ0v) is 21.0. The molecule has 2 nitrogen and oxygen atoms in total. The Bertz CT molecular complexity index is 834. The lowest BCUT2D eigenvalue weighted by Gasteiger charge is -2.58. The lowest BCUT2D eigenvalue weighted by molar-refractivity contribution is -0.0713. The van der Waals surface area contributed by atoms with Gasteiger partial charge in [0.05, 0.1) is 12.2 Å². The first-order chi connectivity index (χ1) is 15.2. The standard InChI is InChI=1S/C30H46O2/c1-19-6-5-7-20(2)23(19)10-13-28(32)27-12-11-25-24-9-8-21-18-22(31)14-16-29(21,3)26(24)15-17-30(25,27)4/h6,8,22,24-28,31-32H,5,7,9-18H2,1-4H3/t22-,24-,25-,26-,27?,28+,29-,30-/m0/s1. The van der Waals surface area contributed by atoms with Gasteiger partial charge in [0, 0.05) is 0 Å². The van der Waals surface area contributed by atoms with E-state index < -0.39 is 0 Å². The van der Waals surface area contributed by atoms with Gasteiger partial charge >= 0.3 is 0 Å². The average Bonchev–Trinajstić information content (AvgIpc) is 3.11. The predicted molar refractivity (Wildman–Crippen MR) is 132 cm³/mol. The Balaban J connectivity index is 1.30. The summed E-state index contributed by atoms with van der Waals surface area (Å²) >= 11 is 0. The van der Waals surface area contributed by atoms with Gasteiger partial charge in [0.1, 0.15) is 0 Å². The van der Waals surface area contributed by atoms with Crippen LogP contribution in [0.15, 0.2) is 34.4 Å². The fourth-order valence-corrected chi connectivity index (χ4v) is 9.33. The van der Waals surface area contributed by atoms with Gasteiger partial charge < -0.3 is 10.2 Å². The van der Waals surface area contributed by atoms with E-state index in [4.69, 9.17) is 0 Å². The van der Waals surface area contributed by atoms with Crippen molar-refractivity contribution in [2.24, 2.45) is 34.5 Å². The van der Waals surface area contributed by atoms with Gasteiger partial charge in [-0.15, -0.1) is 0 Å². The molecule has 0 radical (unpaired) electrons. The van der Waals surface area contributed by atoms with E-state index in [1.165, 1.54) is 56.1 Å². The number of hydrogen-bond donors (Lipinski definition) is 2. The molecule has 8 atom stereocenters. The summed E-state index contributed by atoms with van der Waals surface area (Å²) in [5.74, 6) is 2.79. The second-order valence-electron chi connectivity index (χ2n) is 12.7. The van der Waals surface area contributed by atoms with Gasteiger partial charge in [-0.25, -0.2) is 0 Å². The molecule has 2 heteroatoms. The maximum atomic E-state index is 11.4. The van der Waals surface area contributed by atoms with Crippen LogP contribution in [0.5, 0.6) is 0 Å². The number of aliphatic hydroxyl groups is 2. The molecule has 0 spiro atoms. The molecule has 0 heterocycles. The van der Waals surface area contributed by atoms with Gasteiger partial charge in [-0.05, 0) is 131 Å². The molecule has 5 aliphatic carbocycles. The van der Waals surface area contributed by atoms with Crippen LogP contribution in [-0.4, -0.2) is 22.4 Å². The molecule has 3 fully saturated rings. The van der Waals surface area contributed by atoms with Crippen LogP contribution in [0.4, 0.5) is 0 Å². The summed E-state index contributed by atoms with van der Waals surface area (Å²) in [5, 5.41) is 21.7. The Kier molecular flexibility index (Phi) is 6.03. The zero-order chi connectivity index (χ0) is 22.7. The predicted octanol–water partition coefficient (Wildman–Crippen LogP) is 7.12. The Labute approximate surface area is 196 Å². The fourth-order valence-electron chi connectivity index (χ4n) is 9.33. The van der Waals surface area contributed by atoms with Crippen molar-refractivity contribution in [2.45, 2.75) is 117 Å². The highest BCUT2D eigenvalue weighted by Gasteiger charge is 2.59. The van der Waals surface area contributed by atoms with Gasteiger partial charge in [0.15, 0.2) is 0 Å². The number of aliphatic hydroxyl groups excluding tert-OH is 2. The molecule has 178 valence electrons. The fraction of sp³-hybridized carbons (Fsp3) is 0.800. The van der Waals surface area contributed by atoms with Crippen molar-refractivity contribution in [1.82, 2.24) is 0 Å². The smallest absolute Gasteiger partial charge is 0.0577 e. The van der Waals surface area contributed by atoms with Gasteiger partial charge in [-0.1, -0.05) is 42.7 Å². The van der Waals surface area contributed by atoms with Crippen molar-refractivity contribution in [3.05, 3.63) is 34.4 Å². The maximum absolute atomic E-state index is 11.4. The maximum Gasteiger partial charge on any atom is 0.0577 e. The lowest BCUT2D eigenvalue weighted by atomic mass is 9.47. The van der Waals surface area contributed by atoms with E-state index in [2.05, 4.69) is 39.8 Å².